The fraction of sp³-hybridized carbons (Fsp3) is 0.650. The van der Waals surface area contributed by atoms with Gasteiger partial charge in [0.25, 0.3) is 0 Å². The molecule has 1 aromatic rings. The molecule has 2 heterocycles. The van der Waals surface area contributed by atoms with Gasteiger partial charge in [-0.3, -0.25) is 0 Å². The number of hydrogen-bond donors (Lipinski definition) is 7. The Morgan fingerprint density at radius 2 is 1.42 bits per heavy atom. The van der Waals surface area contributed by atoms with Gasteiger partial charge in [0, 0.05) is 0 Å². The summed E-state index contributed by atoms with van der Waals surface area (Å²) >= 11 is 0. The van der Waals surface area contributed by atoms with E-state index < -0.39 is 80.6 Å². The first kappa shape index (κ1) is 25.7. The van der Waals surface area contributed by atoms with Crippen LogP contribution in [0.25, 0.3) is 0 Å². The molecule has 13 nitrogen and oxygen atoms in total. The number of aliphatic hydroxyl groups is 7. The van der Waals surface area contributed by atoms with Crippen LogP contribution in [0.15, 0.2) is 24.3 Å². The number of rotatable bonds is 7. The average molecular weight is 476 g/mol. The van der Waals surface area contributed by atoms with E-state index in [-0.39, 0.29) is 11.3 Å². The summed E-state index contributed by atoms with van der Waals surface area (Å²) in [6, 6.07) is 5.92. The molecule has 7 N–H and O–H groups in total. The minimum absolute atomic E-state index is 0.0105. The standard InChI is InChI=1S/C20H28O13/c1-29-18(28)8-4-2-3-5-9(8)30-20-17(15(26)13(24)11(7-22)32-20)33-19-16(27)14(25)12(23)10(6-21)31-19/h2-5,10-17,19-27H,6-7H2,1H3. The number of ether oxygens (including phenoxy) is 5. The maximum atomic E-state index is 12.1. The molecule has 0 saturated carbocycles. The Hall–Kier alpha value is -1.91. The third kappa shape index (κ3) is 5.27. The SMILES string of the molecule is COC(=O)c1ccccc1OC1OC(CO)C(O)C(O)C1OC1OC(CO)C(O)C(O)C1O. The second kappa shape index (κ2) is 11.0. The number of methoxy groups -OCH3 is 1. The highest BCUT2D eigenvalue weighted by atomic mass is 16.8. The lowest BCUT2D eigenvalue weighted by Crippen LogP contribution is -2.65. The van der Waals surface area contributed by atoms with Gasteiger partial charge >= 0.3 is 5.97 Å². The first-order valence-electron chi connectivity index (χ1n) is 10.2. The molecule has 1 aromatic carbocycles. The van der Waals surface area contributed by atoms with Gasteiger partial charge in [0.2, 0.25) is 6.29 Å². The summed E-state index contributed by atoms with van der Waals surface area (Å²) in [6.45, 7) is -1.40. The number of hydrogen-bond acceptors (Lipinski definition) is 13. The highest BCUT2D eigenvalue weighted by Crippen LogP contribution is 2.31. The molecular weight excluding hydrogens is 448 g/mol. The molecule has 33 heavy (non-hydrogen) atoms. The van der Waals surface area contributed by atoms with Gasteiger partial charge in [0.1, 0.15) is 54.0 Å². The number of para-hydroxylation sites is 1. The molecule has 0 radical (unpaired) electrons. The first-order chi connectivity index (χ1) is 15.7. The highest BCUT2D eigenvalue weighted by molar-refractivity contribution is 5.92. The zero-order valence-corrected chi connectivity index (χ0v) is 17.6. The zero-order chi connectivity index (χ0) is 24.3. The van der Waals surface area contributed by atoms with Crippen molar-refractivity contribution in [2.45, 2.75) is 61.4 Å². The summed E-state index contributed by atoms with van der Waals surface area (Å²) in [5.74, 6) is -0.760. The highest BCUT2D eigenvalue weighted by Gasteiger charge is 2.51. The lowest BCUT2D eigenvalue weighted by molar-refractivity contribution is -0.357. The van der Waals surface area contributed by atoms with Crippen LogP contribution >= 0.6 is 0 Å². The maximum absolute atomic E-state index is 12.1. The van der Waals surface area contributed by atoms with Crippen LogP contribution in [0.1, 0.15) is 10.4 Å². The summed E-state index contributed by atoms with van der Waals surface area (Å²) in [4.78, 5) is 12.1. The number of benzene rings is 1. The molecule has 3 rings (SSSR count). The van der Waals surface area contributed by atoms with Crippen LogP contribution in [0.2, 0.25) is 0 Å². The van der Waals surface area contributed by atoms with E-state index in [4.69, 9.17) is 23.7 Å². The van der Waals surface area contributed by atoms with E-state index in [1.807, 2.05) is 0 Å². The fourth-order valence-corrected chi connectivity index (χ4v) is 3.60. The van der Waals surface area contributed by atoms with Crippen LogP contribution in [-0.2, 0) is 18.9 Å². The van der Waals surface area contributed by atoms with E-state index in [1.54, 1.807) is 12.1 Å². The minimum atomic E-state index is -1.80. The summed E-state index contributed by atoms with van der Waals surface area (Å²) in [7, 11) is 1.17. The lowest BCUT2D eigenvalue weighted by atomic mass is 9.97. The smallest absolute Gasteiger partial charge is 0.341 e. The van der Waals surface area contributed by atoms with Crippen molar-refractivity contribution in [2.75, 3.05) is 20.3 Å². The van der Waals surface area contributed by atoms with Crippen molar-refractivity contribution < 1.29 is 64.2 Å². The fourth-order valence-electron chi connectivity index (χ4n) is 3.60. The van der Waals surface area contributed by atoms with Gasteiger partial charge in [0.15, 0.2) is 12.4 Å². The molecule has 0 aliphatic carbocycles. The second-order valence-electron chi connectivity index (χ2n) is 7.61. The van der Waals surface area contributed by atoms with Crippen LogP contribution in [0, 0.1) is 0 Å². The minimum Gasteiger partial charge on any atom is -0.465 e. The Morgan fingerprint density at radius 1 is 0.848 bits per heavy atom. The zero-order valence-electron chi connectivity index (χ0n) is 17.6. The molecule has 0 bridgehead atoms. The van der Waals surface area contributed by atoms with Gasteiger partial charge in [-0.2, -0.15) is 0 Å². The number of carbonyl (C=O) groups excluding carboxylic acids is 1. The quantitative estimate of drug-likeness (QED) is 0.191. The third-order valence-electron chi connectivity index (χ3n) is 5.50. The van der Waals surface area contributed by atoms with Crippen molar-refractivity contribution in [3.05, 3.63) is 29.8 Å². The lowest BCUT2D eigenvalue weighted by Gasteiger charge is -2.45. The number of aliphatic hydroxyl groups excluding tert-OH is 7. The monoisotopic (exact) mass is 476 g/mol. The van der Waals surface area contributed by atoms with Crippen LogP contribution in [0.3, 0.4) is 0 Å². The van der Waals surface area contributed by atoms with Crippen molar-refractivity contribution in [3.63, 3.8) is 0 Å². The molecule has 186 valence electrons. The normalized spacial score (nSPS) is 39.2. The second-order valence-corrected chi connectivity index (χ2v) is 7.61. The van der Waals surface area contributed by atoms with Gasteiger partial charge in [-0.05, 0) is 12.1 Å². The van der Waals surface area contributed by atoms with Crippen molar-refractivity contribution in [1.29, 1.82) is 0 Å². The Labute approximate surface area is 188 Å². The predicted molar refractivity (Wildman–Crippen MR) is 105 cm³/mol. The van der Waals surface area contributed by atoms with Crippen molar-refractivity contribution >= 4 is 5.97 Å². The molecule has 0 aromatic heterocycles. The Morgan fingerprint density at radius 3 is 2.03 bits per heavy atom. The Balaban J connectivity index is 1.88. The van der Waals surface area contributed by atoms with Gasteiger partial charge in [-0.15, -0.1) is 0 Å². The predicted octanol–water partition coefficient (Wildman–Crippen LogP) is -3.52. The molecular formula is C20H28O13. The number of carbonyl (C=O) groups is 1. The summed E-state index contributed by atoms with van der Waals surface area (Å²) < 4.78 is 26.8. The van der Waals surface area contributed by atoms with Crippen molar-refractivity contribution in [2.24, 2.45) is 0 Å². The van der Waals surface area contributed by atoms with Crippen LogP contribution < -0.4 is 4.74 Å². The van der Waals surface area contributed by atoms with E-state index in [1.165, 1.54) is 19.2 Å². The summed E-state index contributed by atoms with van der Waals surface area (Å²) in [6.07, 6.45) is -15.9. The topological polar surface area (TPSA) is 205 Å². The summed E-state index contributed by atoms with van der Waals surface area (Å²) in [5, 5.41) is 70.0. The molecule has 2 aliphatic rings. The van der Waals surface area contributed by atoms with Gasteiger partial charge in [0.05, 0.1) is 20.3 Å². The van der Waals surface area contributed by atoms with Gasteiger partial charge in [-0.25, -0.2) is 4.79 Å². The Kier molecular flexibility index (Phi) is 8.58. The molecule has 0 amide bonds. The molecule has 10 unspecified atom stereocenters. The first-order valence-corrected chi connectivity index (χ1v) is 10.2. The molecule has 2 fully saturated rings. The van der Waals surface area contributed by atoms with E-state index in [0.717, 1.165) is 0 Å². The number of esters is 1. The summed E-state index contributed by atoms with van der Waals surface area (Å²) in [5.41, 5.74) is 0.0105. The van der Waals surface area contributed by atoms with Crippen LogP contribution in [-0.4, -0.2) is 123 Å². The average Bonchev–Trinajstić information content (AvgIpc) is 2.83. The van der Waals surface area contributed by atoms with E-state index in [9.17, 15) is 40.5 Å². The van der Waals surface area contributed by atoms with E-state index in [2.05, 4.69) is 0 Å². The molecule has 2 aliphatic heterocycles. The van der Waals surface area contributed by atoms with E-state index in [0.29, 0.717) is 0 Å². The van der Waals surface area contributed by atoms with Crippen molar-refractivity contribution in [3.8, 4) is 5.75 Å². The largest absolute Gasteiger partial charge is 0.465 e. The maximum Gasteiger partial charge on any atom is 0.341 e. The molecule has 10 atom stereocenters. The van der Waals surface area contributed by atoms with Gasteiger partial charge in [-0.1, -0.05) is 12.1 Å². The molecule has 2 saturated heterocycles. The molecule has 0 spiro atoms. The van der Waals surface area contributed by atoms with Gasteiger partial charge < -0.3 is 59.4 Å². The van der Waals surface area contributed by atoms with Crippen LogP contribution in [0.4, 0.5) is 0 Å². The van der Waals surface area contributed by atoms with E-state index >= 15 is 0 Å². The molecule has 13 heteroatoms. The van der Waals surface area contributed by atoms with Crippen LogP contribution in [0.5, 0.6) is 5.75 Å². The Bertz CT molecular complexity index is 789. The van der Waals surface area contributed by atoms with Crippen molar-refractivity contribution in [1.82, 2.24) is 0 Å². The third-order valence-corrected chi connectivity index (χ3v) is 5.50.